The summed E-state index contributed by atoms with van der Waals surface area (Å²) in [4.78, 5) is 26.4. The molecule has 1 heterocycles. The molecule has 7 nitrogen and oxygen atoms in total. The van der Waals surface area contributed by atoms with E-state index in [1.165, 1.54) is 12.1 Å². The quantitative estimate of drug-likeness (QED) is 0.550. The van der Waals surface area contributed by atoms with Gasteiger partial charge in [0.25, 0.3) is 0 Å². The van der Waals surface area contributed by atoms with Crippen LogP contribution in [0.15, 0.2) is 18.2 Å². The molecule has 35 heavy (non-hydrogen) atoms. The van der Waals surface area contributed by atoms with Crippen molar-refractivity contribution in [2.24, 2.45) is 11.8 Å². The third-order valence-electron chi connectivity index (χ3n) is 6.23. The monoisotopic (exact) mass is 493 g/mol. The van der Waals surface area contributed by atoms with Gasteiger partial charge >= 0.3 is 6.09 Å². The molecule has 2 aliphatic rings. The predicted octanol–water partition coefficient (Wildman–Crippen LogP) is 4.67. The van der Waals surface area contributed by atoms with Crippen LogP contribution in [-0.2, 0) is 9.53 Å². The molecular formula is C27H44FN3O4. The summed E-state index contributed by atoms with van der Waals surface area (Å²) in [5.74, 6) is 1.15. The highest BCUT2D eigenvalue weighted by atomic mass is 19.1. The Kier molecular flexibility index (Phi) is 11.3. The van der Waals surface area contributed by atoms with Crippen molar-refractivity contribution in [1.82, 2.24) is 15.5 Å². The lowest BCUT2D eigenvalue weighted by molar-refractivity contribution is -0.124. The Hall–Kier alpha value is -2.35. The fraction of sp³-hybridized carbons (Fsp3) is 0.704. The molecule has 8 heteroatoms. The van der Waals surface area contributed by atoms with Crippen molar-refractivity contribution in [3.8, 4) is 5.75 Å². The molecule has 0 radical (unpaired) electrons. The molecule has 1 aromatic rings. The lowest BCUT2D eigenvalue weighted by Gasteiger charge is -2.37. The van der Waals surface area contributed by atoms with Crippen molar-refractivity contribution >= 4 is 12.0 Å². The number of amides is 2. The number of carbonyl (C=O) groups excluding carboxylic acids is 2. The maximum absolute atomic E-state index is 13.4. The zero-order chi connectivity index (χ0) is 26.0. The Bertz CT molecular complexity index is 813. The molecule has 0 spiro atoms. The highest BCUT2D eigenvalue weighted by Gasteiger charge is 2.31. The van der Waals surface area contributed by atoms with Gasteiger partial charge in [-0.3, -0.25) is 9.69 Å². The number of likely N-dealkylation sites (tertiary alicyclic amines) is 1. The lowest BCUT2D eigenvalue weighted by atomic mass is 9.81. The molecular weight excluding hydrogens is 449 g/mol. The number of ether oxygens (including phenoxy) is 2. The van der Waals surface area contributed by atoms with Crippen LogP contribution in [0.5, 0.6) is 5.75 Å². The van der Waals surface area contributed by atoms with E-state index in [1.807, 2.05) is 41.5 Å². The number of piperidine rings is 1. The highest BCUT2D eigenvalue weighted by molar-refractivity contribution is 5.78. The molecule has 1 aliphatic carbocycles. The molecule has 1 aliphatic heterocycles. The Balaban J connectivity index is 0.00000210. The van der Waals surface area contributed by atoms with Crippen molar-refractivity contribution in [2.45, 2.75) is 78.9 Å². The van der Waals surface area contributed by atoms with E-state index in [2.05, 4.69) is 15.5 Å². The first-order valence-electron chi connectivity index (χ1n) is 12.9. The Morgan fingerprint density at radius 3 is 2.40 bits per heavy atom. The number of nitrogens with zero attached hydrogens (tertiary/aromatic N) is 1. The molecule has 2 N–H and O–H groups in total. The first-order valence-corrected chi connectivity index (χ1v) is 12.9. The number of hydrogen-bond donors (Lipinski definition) is 2. The molecule has 0 atom stereocenters. The summed E-state index contributed by atoms with van der Waals surface area (Å²) < 4.78 is 24.4. The van der Waals surface area contributed by atoms with Gasteiger partial charge in [-0.2, -0.15) is 0 Å². The standard InChI is InChI=1S/C25H38FN3O4.C2H6/c1-17-5-6-20(26)13-22(17)32-16-19-11-21(12-19)28-23(30)15-29-9-7-18(8-10-29)14-27-24(31)33-25(2,3)4;1-2/h5-6,13,18-19,21H,7-12,14-16H2,1-4H3,(H,27,31)(H,28,30);1-2H3. The summed E-state index contributed by atoms with van der Waals surface area (Å²) in [6, 6.07) is 4.76. The van der Waals surface area contributed by atoms with Gasteiger partial charge in [0, 0.05) is 18.7 Å². The highest BCUT2D eigenvalue weighted by Crippen LogP contribution is 2.29. The maximum atomic E-state index is 13.4. The van der Waals surface area contributed by atoms with Gasteiger partial charge in [-0.1, -0.05) is 19.9 Å². The van der Waals surface area contributed by atoms with Crippen LogP contribution < -0.4 is 15.4 Å². The normalized spacial score (nSPS) is 20.7. The fourth-order valence-corrected chi connectivity index (χ4v) is 4.29. The van der Waals surface area contributed by atoms with E-state index in [1.54, 1.807) is 6.07 Å². The summed E-state index contributed by atoms with van der Waals surface area (Å²) >= 11 is 0. The SMILES string of the molecule is CC.Cc1ccc(F)cc1OCC1CC(NC(=O)CN2CCC(CNC(=O)OC(C)(C)C)CC2)C1. The molecule has 1 saturated carbocycles. The van der Waals surface area contributed by atoms with Crippen molar-refractivity contribution in [3.05, 3.63) is 29.6 Å². The van der Waals surface area contributed by atoms with Gasteiger partial charge < -0.3 is 20.1 Å². The second-order valence-corrected chi connectivity index (χ2v) is 10.4. The number of carbonyl (C=O) groups is 2. The molecule has 3 rings (SSSR count). The molecule has 0 aromatic heterocycles. The van der Waals surface area contributed by atoms with Crippen LogP contribution in [0.4, 0.5) is 9.18 Å². The number of benzene rings is 1. The van der Waals surface area contributed by atoms with E-state index >= 15 is 0 Å². The Morgan fingerprint density at radius 2 is 1.77 bits per heavy atom. The molecule has 1 aromatic carbocycles. The van der Waals surface area contributed by atoms with Gasteiger partial charge in [0.2, 0.25) is 5.91 Å². The van der Waals surface area contributed by atoms with Crippen LogP contribution in [0.2, 0.25) is 0 Å². The first kappa shape index (κ1) is 28.9. The van der Waals surface area contributed by atoms with E-state index in [-0.39, 0.29) is 23.9 Å². The number of hydrogen-bond acceptors (Lipinski definition) is 5. The van der Waals surface area contributed by atoms with Gasteiger partial charge in [0.1, 0.15) is 17.2 Å². The third kappa shape index (κ3) is 10.4. The van der Waals surface area contributed by atoms with E-state index in [4.69, 9.17) is 9.47 Å². The van der Waals surface area contributed by atoms with Crippen molar-refractivity contribution in [3.63, 3.8) is 0 Å². The summed E-state index contributed by atoms with van der Waals surface area (Å²) in [5.41, 5.74) is 0.430. The lowest BCUT2D eigenvalue weighted by Crippen LogP contribution is -2.50. The van der Waals surface area contributed by atoms with Crippen LogP contribution in [0.25, 0.3) is 0 Å². The Morgan fingerprint density at radius 1 is 1.11 bits per heavy atom. The van der Waals surface area contributed by atoms with E-state index in [0.717, 1.165) is 44.3 Å². The first-order chi connectivity index (χ1) is 16.6. The molecule has 1 saturated heterocycles. The van der Waals surface area contributed by atoms with Crippen LogP contribution in [0, 0.1) is 24.6 Å². The predicted molar refractivity (Wildman–Crippen MR) is 136 cm³/mol. The van der Waals surface area contributed by atoms with E-state index in [0.29, 0.717) is 37.3 Å². The smallest absolute Gasteiger partial charge is 0.407 e. The topological polar surface area (TPSA) is 79.9 Å². The average Bonchev–Trinajstić information content (AvgIpc) is 2.77. The van der Waals surface area contributed by atoms with Crippen LogP contribution in [-0.4, -0.2) is 61.3 Å². The molecule has 198 valence electrons. The van der Waals surface area contributed by atoms with Crippen LogP contribution in [0.3, 0.4) is 0 Å². The number of nitrogens with one attached hydrogen (secondary N) is 2. The summed E-state index contributed by atoms with van der Waals surface area (Å²) in [7, 11) is 0. The van der Waals surface area contributed by atoms with Gasteiger partial charge in [0.05, 0.1) is 13.2 Å². The molecule has 2 amide bonds. The largest absolute Gasteiger partial charge is 0.493 e. The summed E-state index contributed by atoms with van der Waals surface area (Å²) in [5, 5.41) is 5.96. The fourth-order valence-electron chi connectivity index (χ4n) is 4.29. The van der Waals surface area contributed by atoms with Crippen LogP contribution >= 0.6 is 0 Å². The minimum atomic E-state index is -0.491. The van der Waals surface area contributed by atoms with Gasteiger partial charge in [-0.25, -0.2) is 9.18 Å². The maximum Gasteiger partial charge on any atom is 0.407 e. The second-order valence-electron chi connectivity index (χ2n) is 10.4. The van der Waals surface area contributed by atoms with Crippen molar-refractivity contribution < 1.29 is 23.5 Å². The van der Waals surface area contributed by atoms with E-state index < -0.39 is 5.60 Å². The molecule has 0 bridgehead atoms. The van der Waals surface area contributed by atoms with Crippen LogP contribution in [0.1, 0.15) is 65.9 Å². The number of alkyl carbamates (subject to hydrolysis) is 1. The van der Waals surface area contributed by atoms with Gasteiger partial charge in [-0.05, 0) is 89.9 Å². The van der Waals surface area contributed by atoms with Gasteiger partial charge in [-0.15, -0.1) is 0 Å². The zero-order valence-electron chi connectivity index (χ0n) is 22.3. The van der Waals surface area contributed by atoms with Crippen molar-refractivity contribution in [2.75, 3.05) is 32.8 Å². The van der Waals surface area contributed by atoms with Gasteiger partial charge in [0.15, 0.2) is 0 Å². The third-order valence-corrected chi connectivity index (χ3v) is 6.23. The zero-order valence-corrected chi connectivity index (χ0v) is 22.3. The minimum Gasteiger partial charge on any atom is -0.493 e. The Labute approximate surface area is 210 Å². The second kappa shape index (κ2) is 13.7. The molecule has 0 unspecified atom stereocenters. The molecule has 2 fully saturated rings. The number of aryl methyl sites for hydroxylation is 1. The summed E-state index contributed by atoms with van der Waals surface area (Å²) in [6.07, 6.45) is 3.30. The number of rotatable bonds is 8. The minimum absolute atomic E-state index is 0.0608. The van der Waals surface area contributed by atoms with Crippen molar-refractivity contribution in [1.29, 1.82) is 0 Å². The van der Waals surface area contributed by atoms with E-state index in [9.17, 15) is 14.0 Å². The summed E-state index contributed by atoms with van der Waals surface area (Å²) in [6.45, 7) is 14.7. The number of halogens is 1. The average molecular weight is 494 g/mol.